The van der Waals surface area contributed by atoms with E-state index in [0.29, 0.717) is 12.3 Å². The molecule has 0 aliphatic heterocycles. The Hall–Kier alpha value is -1.36. The van der Waals surface area contributed by atoms with Gasteiger partial charge in [-0.15, -0.1) is 0 Å². The average molecular weight is 366 g/mol. The molecular formula is C20H35N3OS. The van der Waals surface area contributed by atoms with Crippen LogP contribution in [0.3, 0.4) is 0 Å². The van der Waals surface area contributed by atoms with Gasteiger partial charge in [-0.2, -0.15) is 0 Å². The number of nitrogens with one attached hydrogen (secondary N) is 2. The topological polar surface area (TPSA) is 53.5 Å². The highest BCUT2D eigenvalue weighted by molar-refractivity contribution is 7.86. The molecule has 1 aromatic rings. The molecule has 0 fully saturated rings. The number of hydrogen-bond donors (Lipinski definition) is 2. The van der Waals surface area contributed by atoms with Crippen molar-refractivity contribution in [2.75, 3.05) is 25.9 Å². The van der Waals surface area contributed by atoms with E-state index in [1.54, 1.807) is 7.05 Å². The molecule has 0 bridgehead atoms. The Morgan fingerprint density at radius 2 is 1.68 bits per heavy atom. The third-order valence-electron chi connectivity index (χ3n) is 4.82. The van der Waals surface area contributed by atoms with E-state index in [1.807, 2.05) is 20.8 Å². The molecule has 0 aliphatic rings. The van der Waals surface area contributed by atoms with Crippen molar-refractivity contribution in [2.24, 2.45) is 4.99 Å². The predicted octanol–water partition coefficient (Wildman–Crippen LogP) is 3.46. The van der Waals surface area contributed by atoms with Crippen molar-refractivity contribution in [3.8, 4) is 0 Å². The molecule has 5 heteroatoms. The number of rotatable bonds is 8. The summed E-state index contributed by atoms with van der Waals surface area (Å²) in [6.07, 6.45) is 2.12. The van der Waals surface area contributed by atoms with Crippen molar-refractivity contribution in [1.29, 1.82) is 0 Å². The van der Waals surface area contributed by atoms with Crippen LogP contribution in [-0.2, 0) is 16.2 Å². The quantitative estimate of drug-likeness (QED) is 0.548. The van der Waals surface area contributed by atoms with Crippen LogP contribution in [0.1, 0.15) is 53.0 Å². The summed E-state index contributed by atoms with van der Waals surface area (Å²) in [4.78, 5) is 4.31. The van der Waals surface area contributed by atoms with Crippen LogP contribution in [0.2, 0.25) is 0 Å². The lowest BCUT2D eigenvalue weighted by Gasteiger charge is -2.33. The van der Waals surface area contributed by atoms with Gasteiger partial charge in [0.15, 0.2) is 5.96 Å². The summed E-state index contributed by atoms with van der Waals surface area (Å²) >= 11 is 0. The summed E-state index contributed by atoms with van der Waals surface area (Å²) in [6, 6.07) is 10.7. The molecule has 142 valence electrons. The maximum Gasteiger partial charge on any atom is 0.191 e. The monoisotopic (exact) mass is 365 g/mol. The molecule has 4 nitrogen and oxygen atoms in total. The molecule has 0 saturated heterocycles. The van der Waals surface area contributed by atoms with Crippen molar-refractivity contribution in [2.45, 2.75) is 57.6 Å². The Bertz CT molecular complexity index is 560. The van der Waals surface area contributed by atoms with Gasteiger partial charge >= 0.3 is 0 Å². The first-order valence-electron chi connectivity index (χ1n) is 9.17. The molecule has 0 spiro atoms. The highest BCUT2D eigenvalue weighted by atomic mass is 32.2. The zero-order valence-electron chi connectivity index (χ0n) is 16.7. The Morgan fingerprint density at radius 1 is 1.08 bits per heavy atom. The van der Waals surface area contributed by atoms with E-state index in [1.165, 1.54) is 5.56 Å². The minimum Gasteiger partial charge on any atom is -0.356 e. The predicted molar refractivity (Wildman–Crippen MR) is 111 cm³/mol. The van der Waals surface area contributed by atoms with Crippen LogP contribution in [0.25, 0.3) is 0 Å². The van der Waals surface area contributed by atoms with Gasteiger partial charge in [-0.25, -0.2) is 0 Å². The minimum absolute atomic E-state index is 0.0904. The summed E-state index contributed by atoms with van der Waals surface area (Å²) in [6.45, 7) is 12.0. The van der Waals surface area contributed by atoms with Crippen molar-refractivity contribution >= 4 is 16.8 Å². The molecule has 0 saturated carbocycles. The van der Waals surface area contributed by atoms with Crippen LogP contribution in [0.4, 0.5) is 0 Å². The highest BCUT2D eigenvalue weighted by Gasteiger charge is 2.28. The largest absolute Gasteiger partial charge is 0.356 e. The number of nitrogens with zero attached hydrogens (tertiary/aromatic N) is 1. The molecule has 1 aromatic carbocycles. The molecule has 0 aromatic heterocycles. The Kier molecular flexibility index (Phi) is 8.63. The summed E-state index contributed by atoms with van der Waals surface area (Å²) in [7, 11) is 0.921. The lowest BCUT2D eigenvalue weighted by Crippen LogP contribution is -2.46. The smallest absolute Gasteiger partial charge is 0.191 e. The summed E-state index contributed by atoms with van der Waals surface area (Å²) in [5.74, 6) is 1.39. The molecule has 0 amide bonds. The van der Waals surface area contributed by atoms with Crippen LogP contribution in [0, 0.1) is 0 Å². The Labute approximate surface area is 156 Å². The second-order valence-corrected chi connectivity index (χ2v) is 9.69. The van der Waals surface area contributed by atoms with Crippen molar-refractivity contribution in [3.05, 3.63) is 35.9 Å². The summed E-state index contributed by atoms with van der Waals surface area (Å²) in [5, 5.41) is 6.75. The normalized spacial score (nSPS) is 14.2. The summed E-state index contributed by atoms with van der Waals surface area (Å²) < 4.78 is 12.0. The third-order valence-corrected chi connectivity index (χ3v) is 6.76. The maximum absolute atomic E-state index is 12.1. The van der Waals surface area contributed by atoms with E-state index in [2.05, 4.69) is 59.8 Å². The molecule has 2 N–H and O–H groups in total. The maximum atomic E-state index is 12.1. The van der Waals surface area contributed by atoms with E-state index in [9.17, 15) is 4.21 Å². The number of aliphatic imine (C=N–C) groups is 1. The van der Waals surface area contributed by atoms with Gasteiger partial charge in [0.05, 0.1) is 0 Å². The van der Waals surface area contributed by atoms with Gasteiger partial charge in [0, 0.05) is 46.9 Å². The number of benzene rings is 1. The fraction of sp³-hybridized carbons (Fsp3) is 0.650. The van der Waals surface area contributed by atoms with Gasteiger partial charge in [0.25, 0.3) is 0 Å². The zero-order chi connectivity index (χ0) is 18.9. The second-order valence-electron chi connectivity index (χ2n) is 7.37. The van der Waals surface area contributed by atoms with Crippen LogP contribution >= 0.6 is 0 Å². The first-order valence-corrected chi connectivity index (χ1v) is 10.5. The van der Waals surface area contributed by atoms with E-state index in [-0.39, 0.29) is 10.2 Å². The Balaban J connectivity index is 2.64. The van der Waals surface area contributed by atoms with Gasteiger partial charge in [0.1, 0.15) is 0 Å². The fourth-order valence-corrected chi connectivity index (χ4v) is 3.74. The molecule has 25 heavy (non-hydrogen) atoms. The molecule has 1 atom stereocenters. The van der Waals surface area contributed by atoms with Crippen molar-refractivity contribution in [3.63, 3.8) is 0 Å². The van der Waals surface area contributed by atoms with Gasteiger partial charge in [-0.3, -0.25) is 9.20 Å². The molecule has 1 unspecified atom stereocenters. The summed E-state index contributed by atoms with van der Waals surface area (Å²) in [5.41, 5.74) is 1.45. The first-order chi connectivity index (χ1) is 11.8. The van der Waals surface area contributed by atoms with E-state index < -0.39 is 10.8 Å². The van der Waals surface area contributed by atoms with Gasteiger partial charge < -0.3 is 10.6 Å². The van der Waals surface area contributed by atoms with E-state index >= 15 is 0 Å². The minimum atomic E-state index is -0.855. The fourth-order valence-electron chi connectivity index (χ4n) is 2.84. The number of guanidine groups is 1. The van der Waals surface area contributed by atoms with Gasteiger partial charge in [-0.05, 0) is 39.2 Å². The lowest BCUT2D eigenvalue weighted by atomic mass is 9.76. The molecule has 0 heterocycles. The van der Waals surface area contributed by atoms with Gasteiger partial charge in [0.2, 0.25) is 0 Å². The van der Waals surface area contributed by atoms with Crippen LogP contribution in [-0.4, -0.2) is 40.8 Å². The third kappa shape index (κ3) is 6.46. The van der Waals surface area contributed by atoms with Crippen molar-refractivity contribution < 1.29 is 4.21 Å². The highest BCUT2D eigenvalue weighted by Crippen LogP contribution is 2.30. The van der Waals surface area contributed by atoms with Crippen LogP contribution in [0.15, 0.2) is 35.3 Å². The standard InChI is InChI=1S/C20H35N3OS/c1-7-20(8-2,17-12-10-9-11-13-17)16-23-18(21-6)22-14-15-25(24)19(3,4)5/h9-13H,7-8,14-16H2,1-6H3,(H2,21,22,23). The number of hydrogen-bond acceptors (Lipinski definition) is 2. The first kappa shape index (κ1) is 21.7. The molecule has 1 rings (SSSR count). The van der Waals surface area contributed by atoms with E-state index in [4.69, 9.17) is 0 Å². The van der Waals surface area contributed by atoms with Crippen LogP contribution in [0.5, 0.6) is 0 Å². The van der Waals surface area contributed by atoms with Gasteiger partial charge in [-0.1, -0.05) is 44.2 Å². The lowest BCUT2D eigenvalue weighted by molar-refractivity contribution is 0.389. The average Bonchev–Trinajstić information content (AvgIpc) is 2.61. The van der Waals surface area contributed by atoms with Crippen molar-refractivity contribution in [1.82, 2.24) is 10.6 Å². The van der Waals surface area contributed by atoms with Crippen LogP contribution < -0.4 is 10.6 Å². The zero-order valence-corrected chi connectivity index (χ0v) is 17.5. The van der Waals surface area contributed by atoms with E-state index in [0.717, 1.165) is 25.3 Å². The Morgan fingerprint density at radius 3 is 2.16 bits per heavy atom. The second kappa shape index (κ2) is 9.95. The molecule has 0 radical (unpaired) electrons. The SMILES string of the molecule is CCC(CC)(CNC(=NC)NCCS(=O)C(C)(C)C)c1ccccc1. The molecular weight excluding hydrogens is 330 g/mol. The molecule has 0 aliphatic carbocycles.